The number of unbranched alkanes of at least 4 members (excludes halogenated alkanes) is 3. The van der Waals surface area contributed by atoms with Crippen LogP contribution in [0.25, 0.3) is 6.58 Å². The van der Waals surface area contributed by atoms with Gasteiger partial charge in [-0.1, -0.05) is 49.8 Å². The van der Waals surface area contributed by atoms with Gasteiger partial charge in [-0.25, -0.2) is 9.98 Å². The van der Waals surface area contributed by atoms with Gasteiger partial charge in [0.05, 0.1) is 11.4 Å². The lowest BCUT2D eigenvalue weighted by molar-refractivity contribution is -0.145. The number of rotatable bonds is 9. The van der Waals surface area contributed by atoms with Crippen molar-refractivity contribution in [3.8, 4) is 0 Å². The van der Waals surface area contributed by atoms with E-state index in [0.717, 1.165) is 53.7 Å². The van der Waals surface area contributed by atoms with Crippen LogP contribution >= 0.6 is 0 Å². The summed E-state index contributed by atoms with van der Waals surface area (Å²) in [5, 5.41) is 0.323. The molecule has 2 heterocycles. The van der Waals surface area contributed by atoms with Gasteiger partial charge in [0, 0.05) is 13.0 Å². The molecule has 0 spiro atoms. The van der Waals surface area contributed by atoms with E-state index >= 15 is 0 Å². The van der Waals surface area contributed by atoms with Gasteiger partial charge in [0.2, 0.25) is 0 Å². The van der Waals surface area contributed by atoms with Crippen molar-refractivity contribution in [1.29, 1.82) is 0 Å². The van der Waals surface area contributed by atoms with E-state index in [1.807, 2.05) is 43.3 Å². The summed E-state index contributed by atoms with van der Waals surface area (Å²) in [6.07, 6.45) is 3.98. The number of H-pyrrole nitrogens is 1. The van der Waals surface area contributed by atoms with E-state index in [1.165, 1.54) is 0 Å². The van der Waals surface area contributed by atoms with E-state index in [2.05, 4.69) is 39.4 Å². The summed E-state index contributed by atoms with van der Waals surface area (Å²) in [4.78, 5) is 38.3. The highest BCUT2D eigenvalue weighted by Crippen LogP contribution is 2.36. The molecule has 0 saturated heterocycles. The molecule has 176 valence electrons. The molecule has 0 radical (unpaired) electrons. The van der Waals surface area contributed by atoms with Gasteiger partial charge in [-0.15, -0.1) is 0 Å². The normalized spacial score (nSPS) is 12.0. The second kappa shape index (κ2) is 10.5. The zero-order valence-electron chi connectivity index (χ0n) is 19.8. The summed E-state index contributed by atoms with van der Waals surface area (Å²) in [6, 6.07) is 13.8. The van der Waals surface area contributed by atoms with Crippen LogP contribution in [0.4, 0.5) is 17.2 Å². The van der Waals surface area contributed by atoms with Crippen LogP contribution in [0.15, 0.2) is 52.3 Å². The number of carbonyl (C=O) groups excluding carboxylic acids is 1. The van der Waals surface area contributed by atoms with Crippen molar-refractivity contribution < 1.29 is 9.53 Å². The van der Waals surface area contributed by atoms with Crippen LogP contribution in [0.1, 0.15) is 48.8 Å². The number of anilines is 2. The minimum Gasteiger partial charge on any atom is -0.461 e. The molecule has 0 fully saturated rings. The van der Waals surface area contributed by atoms with Gasteiger partial charge in [0.1, 0.15) is 12.1 Å². The highest BCUT2D eigenvalue weighted by molar-refractivity contribution is 5.77. The molecule has 3 aromatic rings. The Kier molecular flexibility index (Phi) is 7.21. The number of aromatic nitrogens is 2. The Hall–Kier alpha value is -3.74. The predicted molar refractivity (Wildman–Crippen MR) is 133 cm³/mol. The maximum absolute atomic E-state index is 12.5. The van der Waals surface area contributed by atoms with Gasteiger partial charge in [-0.2, -0.15) is 0 Å². The summed E-state index contributed by atoms with van der Waals surface area (Å²) in [7, 11) is 0. The quantitative estimate of drug-likeness (QED) is 0.388. The number of benzene rings is 2. The van der Waals surface area contributed by atoms with Crippen LogP contribution in [0, 0.1) is 13.8 Å². The van der Waals surface area contributed by atoms with E-state index in [1.54, 1.807) is 0 Å². The van der Waals surface area contributed by atoms with Crippen molar-refractivity contribution in [1.82, 2.24) is 9.97 Å². The molecule has 0 unspecified atom stereocenters. The van der Waals surface area contributed by atoms with Crippen LogP contribution in [0.3, 0.4) is 0 Å². The Morgan fingerprint density at radius 1 is 1.06 bits per heavy atom. The van der Waals surface area contributed by atoms with Gasteiger partial charge in [0.15, 0.2) is 11.2 Å². The van der Waals surface area contributed by atoms with Crippen molar-refractivity contribution in [2.45, 2.75) is 52.6 Å². The molecule has 34 heavy (non-hydrogen) atoms. The molecule has 7 nitrogen and oxygen atoms in total. The summed E-state index contributed by atoms with van der Waals surface area (Å²) < 4.78 is 5.35. The fourth-order valence-corrected chi connectivity index (χ4v) is 4.04. The summed E-state index contributed by atoms with van der Waals surface area (Å²) in [5.41, 5.74) is 5.06. The van der Waals surface area contributed by atoms with E-state index in [-0.39, 0.29) is 11.5 Å². The number of hydrogen-bond acceptors (Lipinski definition) is 6. The first-order valence-electron chi connectivity index (χ1n) is 11.7. The molecular formula is C27H30N4O3. The molecule has 1 N–H and O–H groups in total. The minimum atomic E-state index is -0.280. The number of carbonyl (C=O) groups is 1. The van der Waals surface area contributed by atoms with E-state index in [4.69, 9.17) is 4.74 Å². The number of ether oxygens (including phenoxy) is 1. The molecule has 1 aromatic heterocycles. The fraction of sp³-hybridized carbons (Fsp3) is 0.333. The number of nitrogens with one attached hydrogen (secondary N) is 1. The molecular weight excluding hydrogens is 428 g/mol. The zero-order chi connectivity index (χ0) is 24.1. The third kappa shape index (κ3) is 5.42. The SMILES string of the molecule is C=c1nc2c(c(=O)[nH]1)=Nc1cc(C)c(C)cc1N2CCCCCCC(=O)OCc1ccccc1. The van der Waals surface area contributed by atoms with E-state index < -0.39 is 0 Å². The highest BCUT2D eigenvalue weighted by Gasteiger charge is 2.23. The predicted octanol–water partition coefficient (Wildman–Crippen LogP) is 3.89. The van der Waals surface area contributed by atoms with Crippen LogP contribution in [-0.2, 0) is 16.1 Å². The highest BCUT2D eigenvalue weighted by atomic mass is 16.5. The Balaban J connectivity index is 1.34. The average molecular weight is 459 g/mol. The maximum atomic E-state index is 12.5. The van der Waals surface area contributed by atoms with Gasteiger partial charge in [-0.3, -0.25) is 9.59 Å². The lowest BCUT2D eigenvalue weighted by Gasteiger charge is -2.28. The largest absolute Gasteiger partial charge is 0.461 e. The second-order valence-corrected chi connectivity index (χ2v) is 8.68. The van der Waals surface area contributed by atoms with Crippen molar-refractivity contribution in [3.63, 3.8) is 0 Å². The Labute approximate surface area is 198 Å². The van der Waals surface area contributed by atoms with Crippen LogP contribution in [0.2, 0.25) is 0 Å². The van der Waals surface area contributed by atoms with Crippen molar-refractivity contribution in [2.24, 2.45) is 4.99 Å². The van der Waals surface area contributed by atoms with Crippen LogP contribution in [-0.4, -0.2) is 22.5 Å². The topological polar surface area (TPSA) is 87.7 Å². The molecule has 4 rings (SSSR count). The zero-order valence-corrected chi connectivity index (χ0v) is 19.8. The Morgan fingerprint density at radius 2 is 1.79 bits per heavy atom. The number of nitrogens with zero attached hydrogens (tertiary/aromatic N) is 3. The molecule has 1 aliphatic rings. The monoisotopic (exact) mass is 458 g/mol. The molecule has 1 aliphatic heterocycles. The minimum absolute atomic E-state index is 0.165. The van der Waals surface area contributed by atoms with E-state index in [9.17, 15) is 9.59 Å². The van der Waals surface area contributed by atoms with Crippen molar-refractivity contribution in [2.75, 3.05) is 11.4 Å². The third-order valence-corrected chi connectivity index (χ3v) is 6.05. The Morgan fingerprint density at radius 3 is 2.59 bits per heavy atom. The lowest BCUT2D eigenvalue weighted by Crippen LogP contribution is -2.42. The number of hydrogen-bond donors (Lipinski definition) is 1. The van der Waals surface area contributed by atoms with E-state index in [0.29, 0.717) is 36.2 Å². The Bertz CT molecular complexity index is 1350. The number of aromatic amines is 1. The molecule has 0 saturated carbocycles. The lowest BCUT2D eigenvalue weighted by atomic mass is 10.1. The first-order valence-corrected chi connectivity index (χ1v) is 11.7. The molecule has 2 aromatic carbocycles. The molecule has 7 heteroatoms. The standard InChI is InChI=1S/C27H30N4O3/c1-18-15-22-23(16-19(18)2)31(26-25(30-22)27(33)29-20(3)28-26)14-10-5-4-9-13-24(32)34-17-21-11-7-6-8-12-21/h6-8,11-12,15-16H,3-5,9-10,13-14,17H2,1-2H3,(H,29,33). The van der Waals surface area contributed by atoms with Gasteiger partial charge in [0.25, 0.3) is 5.56 Å². The first-order chi connectivity index (χ1) is 16.4. The molecule has 0 aliphatic carbocycles. The average Bonchev–Trinajstić information content (AvgIpc) is 2.81. The van der Waals surface area contributed by atoms with Gasteiger partial charge in [-0.05, 0) is 55.5 Å². The molecule has 0 atom stereocenters. The summed E-state index contributed by atoms with van der Waals surface area (Å²) in [5.74, 6) is 0.385. The smallest absolute Gasteiger partial charge is 0.306 e. The summed E-state index contributed by atoms with van der Waals surface area (Å²) in [6.45, 7) is 8.93. The number of esters is 1. The number of aryl methyl sites for hydroxylation is 2. The fourth-order valence-electron chi connectivity index (χ4n) is 4.04. The third-order valence-electron chi connectivity index (χ3n) is 6.05. The van der Waals surface area contributed by atoms with Crippen molar-refractivity contribution in [3.05, 3.63) is 80.3 Å². The second-order valence-electron chi connectivity index (χ2n) is 8.68. The number of fused-ring (bicyclic) bond motifs is 2. The van der Waals surface area contributed by atoms with Gasteiger partial charge < -0.3 is 14.6 Å². The van der Waals surface area contributed by atoms with Crippen LogP contribution < -0.4 is 21.3 Å². The first kappa shape index (κ1) is 23.4. The molecule has 0 bridgehead atoms. The summed E-state index contributed by atoms with van der Waals surface area (Å²) >= 11 is 0. The van der Waals surface area contributed by atoms with Crippen LogP contribution in [0.5, 0.6) is 0 Å². The maximum Gasteiger partial charge on any atom is 0.306 e. The van der Waals surface area contributed by atoms with Crippen molar-refractivity contribution >= 4 is 29.7 Å². The molecule has 0 amide bonds. The van der Waals surface area contributed by atoms with Gasteiger partial charge >= 0.3 is 5.97 Å².